The van der Waals surface area contributed by atoms with E-state index < -0.39 is 5.82 Å². The zero-order valence-electron chi connectivity index (χ0n) is 11.6. The first-order valence-corrected chi connectivity index (χ1v) is 6.34. The fourth-order valence-corrected chi connectivity index (χ4v) is 1.43. The number of hydrogen-bond acceptors (Lipinski definition) is 3. The van der Waals surface area contributed by atoms with Crippen molar-refractivity contribution in [1.82, 2.24) is 5.32 Å². The summed E-state index contributed by atoms with van der Waals surface area (Å²) in [5.41, 5.74) is 6.34. The highest BCUT2D eigenvalue weighted by atomic mass is 19.1. The second kappa shape index (κ2) is 7.09. The number of nitrogens with two attached hydrogens (primary N) is 1. The van der Waals surface area contributed by atoms with Crippen molar-refractivity contribution in [2.24, 2.45) is 11.7 Å². The molecule has 0 spiro atoms. The Morgan fingerprint density at radius 1 is 1.42 bits per heavy atom. The molecule has 106 valence electrons. The van der Waals surface area contributed by atoms with Gasteiger partial charge in [-0.3, -0.25) is 4.79 Å². The minimum atomic E-state index is -0.508. The molecule has 1 atom stereocenters. The van der Waals surface area contributed by atoms with E-state index in [4.69, 9.17) is 10.5 Å². The Morgan fingerprint density at radius 2 is 2.11 bits per heavy atom. The molecule has 3 N–H and O–H groups in total. The van der Waals surface area contributed by atoms with Crippen molar-refractivity contribution in [1.29, 1.82) is 0 Å². The molecule has 1 amide bonds. The molecule has 0 unspecified atom stereocenters. The molecule has 4 nitrogen and oxygen atoms in total. The van der Waals surface area contributed by atoms with Crippen molar-refractivity contribution in [3.8, 4) is 5.75 Å². The standard InChI is InChI=1S/C14H21FN2O2/c1-9(2)7-17-14(18)8-19-13-5-4-11(10(3)16)6-12(13)15/h4-6,9-10H,7-8,16H2,1-3H3,(H,17,18)/t10-/m0/s1. The summed E-state index contributed by atoms with van der Waals surface area (Å²) in [4.78, 5) is 11.4. The number of halogens is 1. The van der Waals surface area contributed by atoms with Crippen molar-refractivity contribution in [3.63, 3.8) is 0 Å². The number of hydrogen-bond donors (Lipinski definition) is 2. The zero-order chi connectivity index (χ0) is 14.4. The average molecular weight is 268 g/mol. The van der Waals surface area contributed by atoms with E-state index in [9.17, 15) is 9.18 Å². The van der Waals surface area contributed by atoms with E-state index in [0.717, 1.165) is 0 Å². The van der Waals surface area contributed by atoms with E-state index in [0.29, 0.717) is 18.0 Å². The second-order valence-corrected chi connectivity index (χ2v) is 4.97. The van der Waals surface area contributed by atoms with Gasteiger partial charge in [-0.1, -0.05) is 19.9 Å². The summed E-state index contributed by atoms with van der Waals surface area (Å²) in [5.74, 6) is -0.342. The Labute approximate surface area is 113 Å². The summed E-state index contributed by atoms with van der Waals surface area (Å²) < 4.78 is 18.8. The van der Waals surface area contributed by atoms with Gasteiger partial charge in [-0.25, -0.2) is 4.39 Å². The van der Waals surface area contributed by atoms with Crippen LogP contribution in [0.1, 0.15) is 32.4 Å². The minimum absolute atomic E-state index is 0.0593. The lowest BCUT2D eigenvalue weighted by Crippen LogP contribution is -2.31. The molecule has 1 aromatic carbocycles. The highest BCUT2D eigenvalue weighted by Gasteiger charge is 2.09. The lowest BCUT2D eigenvalue weighted by atomic mass is 10.1. The fourth-order valence-electron chi connectivity index (χ4n) is 1.43. The summed E-state index contributed by atoms with van der Waals surface area (Å²) in [6.07, 6.45) is 0. The summed E-state index contributed by atoms with van der Waals surface area (Å²) in [7, 11) is 0. The quantitative estimate of drug-likeness (QED) is 0.829. The molecule has 1 rings (SSSR count). The Morgan fingerprint density at radius 3 is 2.63 bits per heavy atom. The molecule has 19 heavy (non-hydrogen) atoms. The van der Waals surface area contributed by atoms with E-state index in [2.05, 4.69) is 5.32 Å². The van der Waals surface area contributed by atoms with Crippen LogP contribution in [0.3, 0.4) is 0 Å². The SMILES string of the molecule is CC(C)CNC(=O)COc1ccc([C@H](C)N)cc1F. The molecule has 0 aliphatic rings. The Kier molecular flexibility index (Phi) is 5.76. The summed E-state index contributed by atoms with van der Waals surface area (Å²) in [6.45, 7) is 6.14. The maximum atomic E-state index is 13.7. The molecule has 0 heterocycles. The van der Waals surface area contributed by atoms with Gasteiger partial charge in [0.05, 0.1) is 0 Å². The van der Waals surface area contributed by atoms with Gasteiger partial charge in [0.1, 0.15) is 0 Å². The van der Waals surface area contributed by atoms with Crippen LogP contribution in [0, 0.1) is 11.7 Å². The predicted molar refractivity (Wildman–Crippen MR) is 72.3 cm³/mol. The van der Waals surface area contributed by atoms with Crippen LogP contribution < -0.4 is 15.8 Å². The molecule has 0 radical (unpaired) electrons. The van der Waals surface area contributed by atoms with Gasteiger partial charge in [-0.2, -0.15) is 0 Å². The molecule has 0 aromatic heterocycles. The highest BCUT2D eigenvalue weighted by Crippen LogP contribution is 2.20. The molecular formula is C14H21FN2O2. The number of benzene rings is 1. The van der Waals surface area contributed by atoms with Crippen LogP contribution in [0.15, 0.2) is 18.2 Å². The first-order chi connectivity index (χ1) is 8.90. The Balaban J connectivity index is 2.51. The van der Waals surface area contributed by atoms with Crippen LogP contribution in [0.2, 0.25) is 0 Å². The van der Waals surface area contributed by atoms with Crippen LogP contribution in [-0.4, -0.2) is 19.1 Å². The van der Waals surface area contributed by atoms with Gasteiger partial charge < -0.3 is 15.8 Å². The smallest absolute Gasteiger partial charge is 0.257 e. The van der Waals surface area contributed by atoms with E-state index in [-0.39, 0.29) is 24.3 Å². The molecule has 0 aliphatic heterocycles. The van der Waals surface area contributed by atoms with Gasteiger partial charge in [-0.15, -0.1) is 0 Å². The van der Waals surface area contributed by atoms with Gasteiger partial charge >= 0.3 is 0 Å². The van der Waals surface area contributed by atoms with E-state index in [1.54, 1.807) is 13.0 Å². The molecule has 0 bridgehead atoms. The number of ether oxygens (including phenoxy) is 1. The zero-order valence-corrected chi connectivity index (χ0v) is 11.6. The van der Waals surface area contributed by atoms with Crippen molar-refractivity contribution in [2.75, 3.05) is 13.2 Å². The predicted octanol–water partition coefficient (Wildman–Crippen LogP) is 2.00. The summed E-state index contributed by atoms with van der Waals surface area (Å²) in [6, 6.07) is 4.27. The first-order valence-electron chi connectivity index (χ1n) is 6.34. The van der Waals surface area contributed by atoms with Gasteiger partial charge in [0, 0.05) is 12.6 Å². The lowest BCUT2D eigenvalue weighted by Gasteiger charge is -2.11. The monoisotopic (exact) mass is 268 g/mol. The molecule has 5 heteroatoms. The third-order valence-corrected chi connectivity index (χ3v) is 2.55. The van der Waals surface area contributed by atoms with Crippen LogP contribution in [0.25, 0.3) is 0 Å². The van der Waals surface area contributed by atoms with Crippen LogP contribution in [-0.2, 0) is 4.79 Å². The largest absolute Gasteiger partial charge is 0.481 e. The molecule has 0 saturated heterocycles. The van der Waals surface area contributed by atoms with Crippen molar-refractivity contribution < 1.29 is 13.9 Å². The fraction of sp³-hybridized carbons (Fsp3) is 0.500. The summed E-state index contributed by atoms with van der Waals surface area (Å²) in [5, 5.41) is 2.70. The Bertz CT molecular complexity index is 433. The van der Waals surface area contributed by atoms with Gasteiger partial charge in [-0.05, 0) is 30.5 Å². The molecule has 0 saturated carbocycles. The van der Waals surface area contributed by atoms with E-state index in [1.165, 1.54) is 12.1 Å². The van der Waals surface area contributed by atoms with E-state index in [1.807, 2.05) is 13.8 Å². The lowest BCUT2D eigenvalue weighted by molar-refractivity contribution is -0.123. The maximum absolute atomic E-state index is 13.7. The second-order valence-electron chi connectivity index (χ2n) is 4.97. The maximum Gasteiger partial charge on any atom is 0.257 e. The van der Waals surface area contributed by atoms with Gasteiger partial charge in [0.25, 0.3) is 5.91 Å². The van der Waals surface area contributed by atoms with E-state index >= 15 is 0 Å². The molecule has 0 aliphatic carbocycles. The topological polar surface area (TPSA) is 64.3 Å². The third-order valence-electron chi connectivity index (χ3n) is 2.55. The third kappa shape index (κ3) is 5.26. The number of carbonyl (C=O) groups excluding carboxylic acids is 1. The average Bonchev–Trinajstić information content (AvgIpc) is 2.34. The van der Waals surface area contributed by atoms with Gasteiger partial charge in [0.15, 0.2) is 18.2 Å². The number of rotatable bonds is 6. The minimum Gasteiger partial charge on any atom is -0.481 e. The van der Waals surface area contributed by atoms with Crippen LogP contribution >= 0.6 is 0 Å². The number of nitrogens with one attached hydrogen (secondary N) is 1. The van der Waals surface area contributed by atoms with Crippen molar-refractivity contribution in [2.45, 2.75) is 26.8 Å². The first kappa shape index (κ1) is 15.4. The van der Waals surface area contributed by atoms with Crippen LogP contribution in [0.4, 0.5) is 4.39 Å². The van der Waals surface area contributed by atoms with Gasteiger partial charge in [0.2, 0.25) is 0 Å². The molecule has 1 aromatic rings. The molecule has 0 fully saturated rings. The normalized spacial score (nSPS) is 12.3. The number of carbonyl (C=O) groups is 1. The van der Waals surface area contributed by atoms with Crippen molar-refractivity contribution >= 4 is 5.91 Å². The van der Waals surface area contributed by atoms with Crippen LogP contribution in [0.5, 0.6) is 5.75 Å². The molecular weight excluding hydrogens is 247 g/mol. The Hall–Kier alpha value is -1.62. The summed E-state index contributed by atoms with van der Waals surface area (Å²) >= 11 is 0. The van der Waals surface area contributed by atoms with Crippen molar-refractivity contribution in [3.05, 3.63) is 29.6 Å². The highest BCUT2D eigenvalue weighted by molar-refractivity contribution is 5.77. The number of amides is 1.